The molecule has 0 amide bonds. The van der Waals surface area contributed by atoms with Gasteiger partial charge in [-0.1, -0.05) is 32.1 Å². The first-order valence-corrected chi connectivity index (χ1v) is 11.4. The third-order valence-corrected chi connectivity index (χ3v) is 5.65. The van der Waals surface area contributed by atoms with Crippen molar-refractivity contribution in [2.24, 2.45) is 5.41 Å². The van der Waals surface area contributed by atoms with Crippen LogP contribution in [0.25, 0.3) is 6.08 Å². The molecule has 0 spiro atoms. The molecule has 6 heteroatoms. The molecule has 6 nitrogen and oxygen atoms in total. The van der Waals surface area contributed by atoms with Crippen LogP contribution in [0.1, 0.15) is 58.9 Å². The summed E-state index contributed by atoms with van der Waals surface area (Å²) >= 11 is 0. The van der Waals surface area contributed by atoms with Crippen molar-refractivity contribution < 1.29 is 14.6 Å². The largest absolute Gasteiger partial charge is 0.493 e. The first-order valence-electron chi connectivity index (χ1n) is 11.4. The summed E-state index contributed by atoms with van der Waals surface area (Å²) in [6, 6.07) is 10.1. The third-order valence-electron chi connectivity index (χ3n) is 5.65. The molecular formula is C27H33N3O3. The van der Waals surface area contributed by atoms with Crippen LogP contribution in [0.5, 0.6) is 5.75 Å². The predicted octanol–water partition coefficient (Wildman–Crippen LogP) is 5.88. The van der Waals surface area contributed by atoms with Gasteiger partial charge in [0, 0.05) is 36.8 Å². The SMILES string of the molecule is CCN(CC)c1ccc(/C=C/C2=CC(=C(C#N)C#N)CC(C)(C)C2)c(OCCCC(=O)O)c1. The number of hydrogen-bond acceptors (Lipinski definition) is 5. The van der Waals surface area contributed by atoms with Gasteiger partial charge in [-0.05, 0) is 61.8 Å². The lowest BCUT2D eigenvalue weighted by molar-refractivity contribution is -0.137. The maximum atomic E-state index is 10.8. The van der Waals surface area contributed by atoms with Gasteiger partial charge in [-0.3, -0.25) is 4.79 Å². The van der Waals surface area contributed by atoms with Gasteiger partial charge < -0.3 is 14.7 Å². The van der Waals surface area contributed by atoms with E-state index in [1.165, 1.54) is 0 Å². The Morgan fingerprint density at radius 2 is 1.88 bits per heavy atom. The highest BCUT2D eigenvalue weighted by Crippen LogP contribution is 2.40. The van der Waals surface area contributed by atoms with Gasteiger partial charge in [0.05, 0.1) is 6.61 Å². The highest BCUT2D eigenvalue weighted by molar-refractivity contribution is 5.67. The fourth-order valence-electron chi connectivity index (χ4n) is 4.07. The summed E-state index contributed by atoms with van der Waals surface area (Å²) < 4.78 is 5.99. The maximum absolute atomic E-state index is 10.8. The fraction of sp³-hybridized carbons (Fsp3) is 0.444. The highest BCUT2D eigenvalue weighted by Gasteiger charge is 2.26. The molecule has 0 fully saturated rings. The van der Waals surface area contributed by atoms with Crippen molar-refractivity contribution in [3.63, 3.8) is 0 Å². The minimum absolute atomic E-state index is 0.0501. The van der Waals surface area contributed by atoms with Crippen LogP contribution in [0.4, 0.5) is 5.69 Å². The van der Waals surface area contributed by atoms with Gasteiger partial charge in [0.2, 0.25) is 0 Å². The molecule has 0 heterocycles. The van der Waals surface area contributed by atoms with Gasteiger partial charge in [0.1, 0.15) is 23.5 Å². The number of nitrogens with zero attached hydrogens (tertiary/aromatic N) is 3. The zero-order valence-electron chi connectivity index (χ0n) is 20.0. The second-order valence-corrected chi connectivity index (χ2v) is 8.93. The molecule has 33 heavy (non-hydrogen) atoms. The molecule has 1 aliphatic rings. The summed E-state index contributed by atoms with van der Waals surface area (Å²) in [5.41, 5.74) is 3.90. The molecular weight excluding hydrogens is 414 g/mol. The van der Waals surface area contributed by atoms with Crippen LogP contribution < -0.4 is 9.64 Å². The van der Waals surface area contributed by atoms with Crippen LogP contribution in [-0.2, 0) is 4.79 Å². The molecule has 174 valence electrons. The van der Waals surface area contributed by atoms with E-state index in [0.29, 0.717) is 25.2 Å². The minimum atomic E-state index is -0.833. The molecule has 2 rings (SSSR count). The van der Waals surface area contributed by atoms with Gasteiger partial charge in [0.25, 0.3) is 0 Å². The summed E-state index contributed by atoms with van der Waals surface area (Å²) in [5, 5.41) is 27.5. The van der Waals surface area contributed by atoms with Crippen molar-refractivity contribution >= 4 is 17.7 Å². The smallest absolute Gasteiger partial charge is 0.303 e. The number of carboxylic acid groups (broad SMARTS) is 1. The van der Waals surface area contributed by atoms with E-state index in [-0.39, 0.29) is 17.4 Å². The van der Waals surface area contributed by atoms with Crippen LogP contribution in [-0.4, -0.2) is 30.8 Å². The molecule has 0 aliphatic heterocycles. The number of ether oxygens (including phenoxy) is 1. The average Bonchev–Trinajstić information content (AvgIpc) is 2.76. The zero-order valence-corrected chi connectivity index (χ0v) is 20.0. The van der Waals surface area contributed by atoms with Crippen LogP contribution in [0, 0.1) is 28.1 Å². The van der Waals surface area contributed by atoms with Gasteiger partial charge in [-0.2, -0.15) is 10.5 Å². The molecule has 1 aliphatic carbocycles. The minimum Gasteiger partial charge on any atom is -0.493 e. The van der Waals surface area contributed by atoms with Crippen molar-refractivity contribution in [1.82, 2.24) is 0 Å². The lowest BCUT2D eigenvalue weighted by atomic mass is 9.74. The Morgan fingerprint density at radius 1 is 1.18 bits per heavy atom. The van der Waals surface area contributed by atoms with Gasteiger partial charge in [0.15, 0.2) is 0 Å². The molecule has 0 saturated carbocycles. The highest BCUT2D eigenvalue weighted by atomic mass is 16.5. The normalized spacial score (nSPS) is 14.8. The van der Waals surface area contributed by atoms with E-state index in [0.717, 1.165) is 41.9 Å². The maximum Gasteiger partial charge on any atom is 0.303 e. The van der Waals surface area contributed by atoms with Gasteiger partial charge in [-0.25, -0.2) is 0 Å². The van der Waals surface area contributed by atoms with Crippen molar-refractivity contribution in [3.8, 4) is 17.9 Å². The summed E-state index contributed by atoms with van der Waals surface area (Å²) in [6.45, 7) is 10.5. The molecule has 0 unspecified atom stereocenters. The molecule has 1 aromatic carbocycles. The number of benzene rings is 1. The third kappa shape index (κ3) is 7.54. The molecule has 0 saturated heterocycles. The molecule has 0 bridgehead atoms. The fourth-order valence-corrected chi connectivity index (χ4v) is 4.07. The lowest BCUT2D eigenvalue weighted by Gasteiger charge is -2.30. The number of hydrogen-bond donors (Lipinski definition) is 1. The monoisotopic (exact) mass is 447 g/mol. The first kappa shape index (κ1) is 25.7. The van der Waals surface area contributed by atoms with Gasteiger partial charge >= 0.3 is 5.97 Å². The molecule has 1 aromatic rings. The van der Waals surface area contributed by atoms with E-state index in [2.05, 4.69) is 38.7 Å². The Morgan fingerprint density at radius 3 is 2.48 bits per heavy atom. The van der Waals surface area contributed by atoms with Crippen LogP contribution in [0.3, 0.4) is 0 Å². The van der Waals surface area contributed by atoms with Crippen molar-refractivity contribution in [3.05, 3.63) is 52.6 Å². The average molecular weight is 448 g/mol. The van der Waals surface area contributed by atoms with E-state index in [4.69, 9.17) is 9.84 Å². The van der Waals surface area contributed by atoms with E-state index < -0.39 is 5.97 Å². The van der Waals surface area contributed by atoms with E-state index >= 15 is 0 Å². The van der Waals surface area contributed by atoms with Crippen molar-refractivity contribution in [1.29, 1.82) is 10.5 Å². The molecule has 0 aromatic heterocycles. The second kappa shape index (κ2) is 11.9. The van der Waals surface area contributed by atoms with Gasteiger partial charge in [-0.15, -0.1) is 0 Å². The number of aliphatic carboxylic acids is 1. The molecule has 1 N–H and O–H groups in total. The summed E-state index contributed by atoms with van der Waals surface area (Å²) in [7, 11) is 0. The quantitative estimate of drug-likeness (QED) is 0.355. The first-order chi connectivity index (χ1) is 15.7. The van der Waals surface area contributed by atoms with E-state index in [1.807, 2.05) is 42.5 Å². The summed E-state index contributed by atoms with van der Waals surface area (Å²) in [5.74, 6) is -0.123. The second-order valence-electron chi connectivity index (χ2n) is 8.93. The number of anilines is 1. The zero-order chi connectivity index (χ0) is 24.4. The Kier molecular flexibility index (Phi) is 9.30. The standard InChI is InChI=1S/C27H33N3O3/c1-5-30(6-2)24-12-11-21(25(15-24)33-13-7-8-26(31)32)10-9-20-14-22(23(18-28)19-29)17-27(3,4)16-20/h9-12,14-15H,5-8,13,16-17H2,1-4H3,(H,31,32)/b10-9+. The Bertz CT molecular complexity index is 1020. The van der Waals surface area contributed by atoms with Crippen molar-refractivity contribution in [2.75, 3.05) is 24.6 Å². The van der Waals surface area contributed by atoms with Crippen LogP contribution in [0.15, 0.2) is 47.1 Å². The van der Waals surface area contributed by atoms with E-state index in [1.54, 1.807) is 0 Å². The Balaban J connectivity index is 2.37. The summed E-state index contributed by atoms with van der Waals surface area (Å²) in [4.78, 5) is 13.1. The molecule has 0 radical (unpaired) electrons. The van der Waals surface area contributed by atoms with E-state index in [9.17, 15) is 15.3 Å². The number of rotatable bonds is 10. The topological polar surface area (TPSA) is 97.4 Å². The number of carboxylic acids is 1. The van der Waals surface area contributed by atoms with Crippen LogP contribution in [0.2, 0.25) is 0 Å². The number of nitriles is 2. The Labute approximate surface area is 197 Å². The Hall–Kier alpha value is -3.51. The van der Waals surface area contributed by atoms with Crippen LogP contribution >= 0.6 is 0 Å². The predicted molar refractivity (Wildman–Crippen MR) is 131 cm³/mol. The molecule has 0 atom stereocenters. The lowest BCUT2D eigenvalue weighted by Crippen LogP contribution is -2.21. The number of carbonyl (C=O) groups is 1. The van der Waals surface area contributed by atoms with Crippen molar-refractivity contribution in [2.45, 2.75) is 53.4 Å². The summed E-state index contributed by atoms with van der Waals surface area (Å²) in [6.07, 6.45) is 7.98. The number of allylic oxidation sites excluding steroid dienone is 5.